The van der Waals surface area contributed by atoms with Crippen molar-refractivity contribution >= 4 is 21.7 Å². The van der Waals surface area contributed by atoms with Crippen molar-refractivity contribution in [2.24, 2.45) is 5.14 Å². The minimum atomic E-state index is -3.87. The molecule has 0 aromatic heterocycles. The van der Waals surface area contributed by atoms with Gasteiger partial charge in [-0.2, -0.15) is 0 Å². The molecule has 2 rings (SSSR count). The van der Waals surface area contributed by atoms with Gasteiger partial charge in [0.25, 0.3) is 0 Å². The molecule has 0 spiro atoms. The van der Waals surface area contributed by atoms with E-state index in [2.05, 4.69) is 0 Å². The average molecular weight is 284 g/mol. The smallest absolute Gasteiger partial charge is 0.326 e. The van der Waals surface area contributed by atoms with E-state index in [9.17, 15) is 18.3 Å². The average Bonchev–Trinajstić information content (AvgIpc) is 2.37. The highest BCUT2D eigenvalue weighted by Gasteiger charge is 2.31. The summed E-state index contributed by atoms with van der Waals surface area (Å²) in [6.07, 6.45) is 2.17. The van der Waals surface area contributed by atoms with Gasteiger partial charge in [0.2, 0.25) is 10.0 Å². The molecule has 104 valence electrons. The first-order valence-corrected chi connectivity index (χ1v) is 7.57. The molecule has 1 heterocycles. The van der Waals surface area contributed by atoms with E-state index in [1.54, 1.807) is 23.1 Å². The van der Waals surface area contributed by atoms with E-state index >= 15 is 0 Å². The van der Waals surface area contributed by atoms with Crippen molar-refractivity contribution in [3.63, 3.8) is 0 Å². The highest BCUT2D eigenvalue weighted by Crippen LogP contribution is 2.30. The van der Waals surface area contributed by atoms with Gasteiger partial charge in [-0.05, 0) is 31.4 Å². The van der Waals surface area contributed by atoms with Gasteiger partial charge in [0.1, 0.15) is 10.9 Å². The van der Waals surface area contributed by atoms with Crippen LogP contribution < -0.4 is 10.0 Å². The summed E-state index contributed by atoms with van der Waals surface area (Å²) in [5.41, 5.74) is 0.372. The molecular formula is C12H16N2O4S. The lowest BCUT2D eigenvalue weighted by Gasteiger charge is -2.35. The molecule has 1 aromatic rings. The SMILES string of the molecule is NS(=O)(=O)c1ccccc1N1CCCCC1C(=O)O. The molecule has 3 N–H and O–H groups in total. The number of piperidine rings is 1. The third-order valence-electron chi connectivity index (χ3n) is 3.27. The monoisotopic (exact) mass is 284 g/mol. The molecule has 1 saturated heterocycles. The number of hydrogen-bond acceptors (Lipinski definition) is 4. The van der Waals surface area contributed by atoms with Gasteiger partial charge in [0, 0.05) is 6.54 Å². The molecule has 0 radical (unpaired) electrons. The highest BCUT2D eigenvalue weighted by molar-refractivity contribution is 7.89. The molecule has 1 aliphatic rings. The molecule has 0 amide bonds. The van der Waals surface area contributed by atoms with Crippen LogP contribution in [0.2, 0.25) is 0 Å². The third-order valence-corrected chi connectivity index (χ3v) is 4.23. The Hall–Kier alpha value is -1.60. The van der Waals surface area contributed by atoms with Crippen molar-refractivity contribution in [1.29, 1.82) is 0 Å². The normalized spacial score (nSPS) is 20.3. The molecular weight excluding hydrogens is 268 g/mol. The van der Waals surface area contributed by atoms with Crippen LogP contribution in [0.25, 0.3) is 0 Å². The predicted octanol–water partition coefficient (Wildman–Crippen LogP) is 0.778. The maximum atomic E-state index is 11.6. The maximum absolute atomic E-state index is 11.6. The van der Waals surface area contributed by atoms with E-state index in [0.29, 0.717) is 18.7 Å². The number of para-hydroxylation sites is 1. The van der Waals surface area contributed by atoms with Crippen LogP contribution in [0.1, 0.15) is 19.3 Å². The summed E-state index contributed by atoms with van der Waals surface area (Å²) in [7, 11) is -3.87. The summed E-state index contributed by atoms with van der Waals surface area (Å²) < 4.78 is 23.2. The Kier molecular flexibility index (Phi) is 3.77. The zero-order valence-corrected chi connectivity index (χ0v) is 11.1. The fourth-order valence-electron chi connectivity index (χ4n) is 2.41. The minimum Gasteiger partial charge on any atom is -0.480 e. The number of rotatable bonds is 3. The van der Waals surface area contributed by atoms with Gasteiger partial charge in [-0.15, -0.1) is 0 Å². The number of primary sulfonamides is 1. The second-order valence-electron chi connectivity index (χ2n) is 4.56. The molecule has 0 bridgehead atoms. The number of benzene rings is 1. The number of anilines is 1. The first-order chi connectivity index (χ1) is 8.91. The topological polar surface area (TPSA) is 101 Å². The van der Waals surface area contributed by atoms with E-state index < -0.39 is 22.0 Å². The molecule has 1 aromatic carbocycles. The van der Waals surface area contributed by atoms with Crippen LogP contribution in [0, 0.1) is 0 Å². The fourth-order valence-corrected chi connectivity index (χ4v) is 3.16. The fraction of sp³-hybridized carbons (Fsp3) is 0.417. The van der Waals surface area contributed by atoms with Crippen molar-refractivity contribution in [1.82, 2.24) is 0 Å². The summed E-state index contributed by atoms with van der Waals surface area (Å²) in [5.74, 6) is -0.941. The summed E-state index contributed by atoms with van der Waals surface area (Å²) in [6.45, 7) is 0.517. The van der Waals surface area contributed by atoms with Crippen LogP contribution in [-0.2, 0) is 14.8 Å². The first kappa shape index (κ1) is 13.8. The number of nitrogens with two attached hydrogens (primary N) is 1. The first-order valence-electron chi connectivity index (χ1n) is 6.02. The van der Waals surface area contributed by atoms with Gasteiger partial charge in [-0.25, -0.2) is 18.4 Å². The molecule has 1 fully saturated rings. The van der Waals surface area contributed by atoms with E-state index in [1.807, 2.05) is 0 Å². The lowest BCUT2D eigenvalue weighted by Crippen LogP contribution is -2.45. The van der Waals surface area contributed by atoms with Crippen molar-refractivity contribution < 1.29 is 18.3 Å². The Balaban J connectivity index is 2.48. The van der Waals surface area contributed by atoms with E-state index in [-0.39, 0.29) is 4.90 Å². The second kappa shape index (κ2) is 5.18. The Bertz CT molecular complexity index is 585. The van der Waals surface area contributed by atoms with Crippen molar-refractivity contribution in [3.05, 3.63) is 24.3 Å². The molecule has 0 aliphatic carbocycles. The highest BCUT2D eigenvalue weighted by atomic mass is 32.2. The van der Waals surface area contributed by atoms with Crippen molar-refractivity contribution in [3.8, 4) is 0 Å². The third kappa shape index (κ3) is 2.87. The Morgan fingerprint density at radius 3 is 2.63 bits per heavy atom. The number of hydrogen-bond donors (Lipinski definition) is 2. The zero-order valence-electron chi connectivity index (χ0n) is 10.3. The van der Waals surface area contributed by atoms with Crippen molar-refractivity contribution in [2.45, 2.75) is 30.2 Å². The van der Waals surface area contributed by atoms with Gasteiger partial charge in [0.05, 0.1) is 5.69 Å². The Labute approximate surface area is 111 Å². The minimum absolute atomic E-state index is 0.0249. The lowest BCUT2D eigenvalue weighted by atomic mass is 10.0. The molecule has 19 heavy (non-hydrogen) atoms. The van der Waals surface area contributed by atoms with E-state index in [0.717, 1.165) is 12.8 Å². The summed E-state index contributed by atoms with van der Waals surface area (Å²) >= 11 is 0. The largest absolute Gasteiger partial charge is 0.480 e. The van der Waals surface area contributed by atoms with E-state index in [4.69, 9.17) is 5.14 Å². The molecule has 0 saturated carbocycles. The van der Waals surface area contributed by atoms with Gasteiger partial charge >= 0.3 is 5.97 Å². The van der Waals surface area contributed by atoms with Gasteiger partial charge < -0.3 is 10.0 Å². The van der Waals surface area contributed by atoms with Crippen LogP contribution in [0.4, 0.5) is 5.69 Å². The number of carbonyl (C=O) groups is 1. The Morgan fingerprint density at radius 1 is 1.32 bits per heavy atom. The number of carboxylic acids is 1. The number of nitrogens with zero attached hydrogens (tertiary/aromatic N) is 1. The van der Waals surface area contributed by atoms with Crippen LogP contribution in [0.3, 0.4) is 0 Å². The van der Waals surface area contributed by atoms with Crippen LogP contribution in [0.15, 0.2) is 29.2 Å². The quantitative estimate of drug-likeness (QED) is 0.854. The Morgan fingerprint density at radius 2 is 2.00 bits per heavy atom. The maximum Gasteiger partial charge on any atom is 0.326 e. The van der Waals surface area contributed by atoms with Crippen LogP contribution in [-0.4, -0.2) is 32.1 Å². The van der Waals surface area contributed by atoms with Crippen molar-refractivity contribution in [2.75, 3.05) is 11.4 Å². The number of sulfonamides is 1. The summed E-state index contributed by atoms with van der Waals surface area (Å²) in [4.78, 5) is 12.9. The van der Waals surface area contributed by atoms with Gasteiger partial charge in [-0.3, -0.25) is 0 Å². The number of aliphatic carboxylic acids is 1. The van der Waals surface area contributed by atoms with Crippen LogP contribution in [0.5, 0.6) is 0 Å². The second-order valence-corrected chi connectivity index (χ2v) is 6.09. The molecule has 1 atom stereocenters. The predicted molar refractivity (Wildman–Crippen MR) is 70.4 cm³/mol. The summed E-state index contributed by atoms with van der Waals surface area (Å²) in [6, 6.07) is 5.55. The zero-order chi connectivity index (χ0) is 14.0. The van der Waals surface area contributed by atoms with Crippen LogP contribution >= 0.6 is 0 Å². The summed E-state index contributed by atoms with van der Waals surface area (Å²) in [5, 5.41) is 14.4. The standard InChI is InChI=1S/C12H16N2O4S/c13-19(17,18)11-7-2-1-5-9(11)14-8-4-3-6-10(14)12(15)16/h1-2,5,7,10H,3-4,6,8H2,(H,15,16)(H2,13,17,18). The molecule has 6 nitrogen and oxygen atoms in total. The molecule has 7 heteroatoms. The van der Waals surface area contributed by atoms with Gasteiger partial charge in [-0.1, -0.05) is 12.1 Å². The molecule has 1 unspecified atom stereocenters. The molecule has 1 aliphatic heterocycles. The lowest BCUT2D eigenvalue weighted by molar-refractivity contribution is -0.139. The number of carboxylic acid groups (broad SMARTS) is 1. The van der Waals surface area contributed by atoms with Gasteiger partial charge in [0.15, 0.2) is 0 Å². The van der Waals surface area contributed by atoms with E-state index in [1.165, 1.54) is 6.07 Å².